The minimum Gasteiger partial charge on any atom is -0.396 e. The number of ether oxygens (including phenoxy) is 2. The molecule has 4 heterocycles. The summed E-state index contributed by atoms with van der Waals surface area (Å²) in [5, 5.41) is 10.5. The largest absolute Gasteiger partial charge is 0.396 e. The molecule has 2 N–H and O–H groups in total. The Morgan fingerprint density at radius 3 is 2.62 bits per heavy atom. The van der Waals surface area contributed by atoms with E-state index in [0.717, 1.165) is 11.3 Å². The fourth-order valence-corrected chi connectivity index (χ4v) is 10.1. The zero-order valence-electron chi connectivity index (χ0n) is 20.3. The highest BCUT2D eigenvalue weighted by Crippen LogP contribution is 2.63. The van der Waals surface area contributed by atoms with E-state index in [2.05, 4.69) is 4.98 Å². The molecule has 3 saturated heterocycles. The molecule has 8 atom stereocenters. The summed E-state index contributed by atoms with van der Waals surface area (Å²) < 4.78 is 32.5. The average molecular weight is 589 g/mol. The first-order valence-corrected chi connectivity index (χ1v) is 16.9. The van der Waals surface area contributed by atoms with Gasteiger partial charge in [-0.3, -0.25) is 14.3 Å². The molecule has 5 unspecified atom stereocenters. The maximum absolute atomic E-state index is 12.5. The molecule has 37 heavy (non-hydrogen) atoms. The first-order valence-electron chi connectivity index (χ1n) is 11.9. The van der Waals surface area contributed by atoms with E-state index in [1.54, 1.807) is 28.5 Å². The van der Waals surface area contributed by atoms with Crippen LogP contribution in [0.25, 0.3) is 0 Å². The van der Waals surface area contributed by atoms with Crippen LogP contribution < -0.4 is 11.2 Å². The number of aromatic amines is 1. The normalized spacial score (nSPS) is 37.8. The van der Waals surface area contributed by atoms with Crippen molar-refractivity contribution in [2.75, 3.05) is 18.1 Å². The fourth-order valence-electron chi connectivity index (χ4n) is 4.71. The van der Waals surface area contributed by atoms with Gasteiger partial charge in [0.15, 0.2) is 0 Å². The van der Waals surface area contributed by atoms with Gasteiger partial charge in [-0.25, -0.2) is 4.79 Å². The molecule has 2 aromatic rings. The molecular weight excluding hydrogens is 559 g/mol. The maximum Gasteiger partial charge on any atom is 0.330 e. The van der Waals surface area contributed by atoms with Crippen molar-refractivity contribution in [3.8, 4) is 0 Å². The summed E-state index contributed by atoms with van der Waals surface area (Å²) in [6.45, 7) is 0.394. The molecule has 5 rings (SSSR count). The van der Waals surface area contributed by atoms with Crippen LogP contribution in [-0.2, 0) is 41.5 Å². The predicted molar refractivity (Wildman–Crippen MR) is 145 cm³/mol. The SMILES string of the molecule is C[C@@H]1OP(=S)(OC2CSSC[C@@H]2OCc2ccccc2)O[C@@H]2C1OC(n1ccc(=O)[nH]c1=O)C2(C)CO. The summed E-state index contributed by atoms with van der Waals surface area (Å²) in [5.41, 5.74) is -1.15. The van der Waals surface area contributed by atoms with Gasteiger partial charge in [0.25, 0.3) is 5.56 Å². The minimum absolute atomic E-state index is 0.206. The molecule has 0 radical (unpaired) electrons. The Morgan fingerprint density at radius 1 is 1.19 bits per heavy atom. The third-order valence-electron chi connectivity index (χ3n) is 6.78. The Morgan fingerprint density at radius 2 is 1.92 bits per heavy atom. The second-order valence-electron chi connectivity index (χ2n) is 9.47. The van der Waals surface area contributed by atoms with Gasteiger partial charge in [0.1, 0.15) is 24.5 Å². The van der Waals surface area contributed by atoms with Crippen LogP contribution in [-0.4, -0.2) is 63.3 Å². The van der Waals surface area contributed by atoms with Gasteiger partial charge < -0.3 is 28.2 Å². The molecule has 3 aliphatic heterocycles. The Balaban J connectivity index is 1.35. The summed E-state index contributed by atoms with van der Waals surface area (Å²) in [6.07, 6.45) is -1.94. The van der Waals surface area contributed by atoms with Gasteiger partial charge in [0.05, 0.1) is 30.8 Å². The van der Waals surface area contributed by atoms with E-state index in [9.17, 15) is 14.7 Å². The number of H-pyrrole nitrogens is 1. The monoisotopic (exact) mass is 588 g/mol. The van der Waals surface area contributed by atoms with E-state index in [4.69, 9.17) is 34.9 Å². The number of nitrogens with zero attached hydrogens (tertiary/aromatic N) is 1. The number of aliphatic hydroxyl groups excluding tert-OH is 1. The van der Waals surface area contributed by atoms with Crippen LogP contribution in [0.15, 0.2) is 52.2 Å². The highest BCUT2D eigenvalue weighted by atomic mass is 33.1. The van der Waals surface area contributed by atoms with Crippen LogP contribution >= 0.6 is 28.3 Å². The molecule has 10 nitrogen and oxygen atoms in total. The molecule has 1 aromatic heterocycles. The van der Waals surface area contributed by atoms with E-state index in [-0.39, 0.29) is 18.8 Å². The topological polar surface area (TPSA) is 121 Å². The minimum atomic E-state index is -3.28. The average Bonchev–Trinajstić information content (AvgIpc) is 3.16. The molecule has 3 aliphatic rings. The molecule has 0 spiro atoms. The van der Waals surface area contributed by atoms with Gasteiger partial charge in [-0.05, 0) is 24.3 Å². The van der Waals surface area contributed by atoms with Crippen molar-refractivity contribution < 1.29 is 28.2 Å². The van der Waals surface area contributed by atoms with Crippen LogP contribution in [0, 0.1) is 5.41 Å². The number of fused-ring (bicyclic) bond motifs is 1. The van der Waals surface area contributed by atoms with Crippen molar-refractivity contribution in [2.24, 2.45) is 5.41 Å². The zero-order valence-corrected chi connectivity index (χ0v) is 23.6. The van der Waals surface area contributed by atoms with Gasteiger partial charge >= 0.3 is 12.4 Å². The highest BCUT2D eigenvalue weighted by molar-refractivity contribution is 8.76. The molecule has 0 bridgehead atoms. The van der Waals surface area contributed by atoms with Gasteiger partial charge in [-0.2, -0.15) is 0 Å². The Bertz CT molecular complexity index is 1260. The third-order valence-corrected chi connectivity index (χ3v) is 11.6. The van der Waals surface area contributed by atoms with Crippen molar-refractivity contribution in [2.45, 2.75) is 57.2 Å². The molecule has 0 amide bonds. The van der Waals surface area contributed by atoms with Crippen LogP contribution in [0.1, 0.15) is 25.6 Å². The number of benzene rings is 1. The molecule has 202 valence electrons. The van der Waals surface area contributed by atoms with Crippen molar-refractivity contribution in [1.82, 2.24) is 9.55 Å². The van der Waals surface area contributed by atoms with E-state index in [1.807, 2.05) is 37.3 Å². The Kier molecular flexibility index (Phi) is 8.38. The van der Waals surface area contributed by atoms with Gasteiger partial charge in [0.2, 0.25) is 0 Å². The lowest BCUT2D eigenvalue weighted by atomic mass is 9.82. The maximum atomic E-state index is 12.5. The number of hydrogen-bond acceptors (Lipinski definition) is 11. The predicted octanol–water partition coefficient (Wildman–Crippen LogP) is 2.83. The molecule has 14 heteroatoms. The second kappa shape index (κ2) is 11.2. The molecular formula is C23H29N2O8PS3. The standard InChI is InChI=1S/C23H29N2O8PS3/c1-14-19-20(23(2,13-26)21(30-19)25-9-8-18(27)24-22(25)28)33-34(35,31-14)32-17-12-37-36-11-16(17)29-10-15-6-4-3-5-7-15/h3-9,14,16-17,19-21,26H,10-13H2,1-2H3,(H,24,27,28)/t14-,16-,17?,19?,20+,21?,23?,34?/m0/s1. The number of hydrogen-bond donors (Lipinski definition) is 2. The smallest absolute Gasteiger partial charge is 0.330 e. The summed E-state index contributed by atoms with van der Waals surface area (Å²) in [7, 11) is 3.40. The number of rotatable bonds is 7. The molecule has 3 fully saturated rings. The number of aliphatic hydroxyl groups is 1. The quantitative estimate of drug-likeness (QED) is 0.367. The van der Waals surface area contributed by atoms with Crippen LogP contribution in [0.4, 0.5) is 0 Å². The summed E-state index contributed by atoms with van der Waals surface area (Å²) in [6, 6.07) is 11.2. The van der Waals surface area contributed by atoms with E-state index >= 15 is 0 Å². The lowest BCUT2D eigenvalue weighted by molar-refractivity contribution is -0.103. The summed E-state index contributed by atoms with van der Waals surface area (Å²) >= 11 is 5.83. The first-order chi connectivity index (χ1) is 17.7. The van der Waals surface area contributed by atoms with E-state index in [1.165, 1.54) is 16.8 Å². The van der Waals surface area contributed by atoms with Gasteiger partial charge in [0, 0.05) is 23.8 Å². The van der Waals surface area contributed by atoms with Crippen LogP contribution in [0.3, 0.4) is 0 Å². The number of nitrogens with one attached hydrogen (secondary N) is 1. The van der Waals surface area contributed by atoms with Crippen molar-refractivity contribution >= 4 is 40.1 Å². The van der Waals surface area contributed by atoms with Crippen LogP contribution in [0.2, 0.25) is 0 Å². The lowest BCUT2D eigenvalue weighted by Crippen LogP contribution is -2.49. The lowest BCUT2D eigenvalue weighted by Gasteiger charge is -2.43. The Hall–Kier alpha value is -0.990. The molecule has 1 aromatic carbocycles. The highest BCUT2D eigenvalue weighted by Gasteiger charge is 2.61. The fraction of sp³-hybridized carbons (Fsp3) is 0.565. The summed E-state index contributed by atoms with van der Waals surface area (Å²) in [4.78, 5) is 26.3. The van der Waals surface area contributed by atoms with E-state index in [0.29, 0.717) is 12.4 Å². The molecule has 0 saturated carbocycles. The third kappa shape index (κ3) is 5.67. The van der Waals surface area contributed by atoms with Gasteiger partial charge in [-0.1, -0.05) is 58.8 Å². The van der Waals surface area contributed by atoms with E-state index < -0.39 is 47.9 Å². The van der Waals surface area contributed by atoms with Crippen molar-refractivity contribution in [1.29, 1.82) is 0 Å². The Labute approximate surface area is 227 Å². The van der Waals surface area contributed by atoms with Gasteiger partial charge in [-0.15, -0.1) is 0 Å². The van der Waals surface area contributed by atoms with Crippen molar-refractivity contribution in [3.63, 3.8) is 0 Å². The zero-order chi connectivity index (χ0) is 26.2. The van der Waals surface area contributed by atoms with Crippen molar-refractivity contribution in [3.05, 3.63) is 69.0 Å². The summed E-state index contributed by atoms with van der Waals surface area (Å²) in [5.74, 6) is 1.38. The first kappa shape index (κ1) is 27.6. The molecule has 0 aliphatic carbocycles. The second-order valence-corrected chi connectivity index (χ2v) is 14.9. The van der Waals surface area contributed by atoms with Crippen LogP contribution in [0.5, 0.6) is 0 Å². The number of aromatic nitrogens is 2.